The molecule has 2 rings (SSSR count). The Morgan fingerprint density at radius 1 is 1.30 bits per heavy atom. The van der Waals surface area contributed by atoms with Gasteiger partial charge in [0.1, 0.15) is 0 Å². The number of hydrogen-bond donors (Lipinski definition) is 1. The van der Waals surface area contributed by atoms with E-state index in [2.05, 4.69) is 56.5 Å². The molecule has 0 aliphatic heterocycles. The van der Waals surface area contributed by atoms with E-state index in [1.54, 1.807) is 0 Å². The fraction of sp³-hybridized carbons (Fsp3) is 0.647. The molecule has 112 valence electrons. The van der Waals surface area contributed by atoms with E-state index >= 15 is 0 Å². The van der Waals surface area contributed by atoms with Gasteiger partial charge in [-0.15, -0.1) is 0 Å². The Morgan fingerprint density at radius 3 is 2.45 bits per heavy atom. The van der Waals surface area contributed by atoms with Crippen LogP contribution >= 0.6 is 11.6 Å². The van der Waals surface area contributed by atoms with E-state index < -0.39 is 0 Å². The Balaban J connectivity index is 2.35. The van der Waals surface area contributed by atoms with Gasteiger partial charge in [-0.2, -0.15) is 0 Å². The molecule has 1 atom stereocenters. The third kappa shape index (κ3) is 3.03. The predicted octanol–water partition coefficient (Wildman–Crippen LogP) is 4.11. The van der Waals surface area contributed by atoms with Gasteiger partial charge in [0.15, 0.2) is 0 Å². The molecule has 0 spiro atoms. The molecule has 2 nitrogen and oxygen atoms in total. The Labute approximate surface area is 128 Å². The lowest BCUT2D eigenvalue weighted by molar-refractivity contribution is 0.0455. The van der Waals surface area contributed by atoms with Crippen LogP contribution in [0.4, 0.5) is 0 Å². The van der Waals surface area contributed by atoms with Crippen LogP contribution in [0, 0.1) is 5.92 Å². The van der Waals surface area contributed by atoms with Gasteiger partial charge in [0, 0.05) is 10.6 Å². The lowest BCUT2D eigenvalue weighted by atomic mass is 9.70. The summed E-state index contributed by atoms with van der Waals surface area (Å²) in [4.78, 5) is 2.42. The first-order valence-corrected chi connectivity index (χ1v) is 7.97. The Bertz CT molecular complexity index is 436. The lowest BCUT2D eigenvalue weighted by Gasteiger charge is -2.50. The summed E-state index contributed by atoms with van der Waals surface area (Å²) in [6.45, 7) is 2.37. The highest BCUT2D eigenvalue weighted by Gasteiger charge is 2.43. The van der Waals surface area contributed by atoms with E-state index in [0.29, 0.717) is 6.04 Å². The molecular formula is C17H27ClN2. The zero-order chi connectivity index (χ0) is 14.8. The van der Waals surface area contributed by atoms with Crippen molar-refractivity contribution in [3.05, 3.63) is 34.9 Å². The van der Waals surface area contributed by atoms with Crippen molar-refractivity contribution in [2.75, 3.05) is 21.1 Å². The van der Waals surface area contributed by atoms with Gasteiger partial charge in [0.25, 0.3) is 0 Å². The summed E-state index contributed by atoms with van der Waals surface area (Å²) in [5.74, 6) is 0.847. The highest BCUT2D eigenvalue weighted by Crippen LogP contribution is 2.43. The second-order valence-electron chi connectivity index (χ2n) is 6.46. The summed E-state index contributed by atoms with van der Waals surface area (Å²) in [5.41, 5.74) is 1.48. The maximum Gasteiger partial charge on any atom is 0.0505 e. The van der Waals surface area contributed by atoms with Crippen LogP contribution in [0.3, 0.4) is 0 Å². The molecule has 0 radical (unpaired) electrons. The summed E-state index contributed by atoms with van der Waals surface area (Å²) < 4.78 is 0. The third-order valence-electron chi connectivity index (χ3n) is 5.04. The first-order chi connectivity index (χ1) is 9.49. The highest BCUT2D eigenvalue weighted by molar-refractivity contribution is 6.30. The molecular weight excluding hydrogens is 268 g/mol. The van der Waals surface area contributed by atoms with Crippen molar-refractivity contribution in [3.8, 4) is 0 Å². The summed E-state index contributed by atoms with van der Waals surface area (Å²) in [6, 6.07) is 8.62. The molecule has 1 aromatic rings. The molecule has 0 aromatic heterocycles. The molecule has 0 amide bonds. The van der Waals surface area contributed by atoms with Gasteiger partial charge in [0.2, 0.25) is 0 Å². The van der Waals surface area contributed by atoms with Crippen LogP contribution in [0.1, 0.15) is 44.2 Å². The van der Waals surface area contributed by atoms with E-state index in [0.717, 1.165) is 10.9 Å². The first kappa shape index (κ1) is 15.8. The molecule has 0 saturated heterocycles. The van der Waals surface area contributed by atoms with Gasteiger partial charge in [0.05, 0.1) is 6.04 Å². The average Bonchev–Trinajstić information content (AvgIpc) is 2.42. The van der Waals surface area contributed by atoms with Gasteiger partial charge < -0.3 is 10.2 Å². The number of hydrogen-bond acceptors (Lipinski definition) is 2. The molecule has 1 saturated carbocycles. The van der Waals surface area contributed by atoms with Crippen LogP contribution in [0.25, 0.3) is 0 Å². The molecule has 1 fully saturated rings. The monoisotopic (exact) mass is 294 g/mol. The van der Waals surface area contributed by atoms with Crippen molar-refractivity contribution in [2.45, 2.75) is 44.2 Å². The zero-order valence-electron chi connectivity index (χ0n) is 13.1. The van der Waals surface area contributed by atoms with Crippen molar-refractivity contribution >= 4 is 11.6 Å². The topological polar surface area (TPSA) is 15.3 Å². The molecule has 1 unspecified atom stereocenters. The zero-order valence-corrected chi connectivity index (χ0v) is 13.9. The number of likely N-dealkylation sites (N-methyl/N-ethyl adjacent to an activating group) is 2. The Kier molecular flexibility index (Phi) is 5.11. The van der Waals surface area contributed by atoms with Gasteiger partial charge in [-0.05, 0) is 70.4 Å². The Hall–Kier alpha value is -0.570. The van der Waals surface area contributed by atoms with E-state index in [1.807, 2.05) is 6.07 Å². The van der Waals surface area contributed by atoms with Gasteiger partial charge in [-0.1, -0.05) is 30.7 Å². The van der Waals surface area contributed by atoms with Crippen molar-refractivity contribution in [1.82, 2.24) is 10.2 Å². The summed E-state index contributed by atoms with van der Waals surface area (Å²) in [5, 5.41) is 4.37. The molecule has 0 bridgehead atoms. The smallest absolute Gasteiger partial charge is 0.0505 e. The van der Waals surface area contributed by atoms with E-state index in [1.165, 1.54) is 31.2 Å². The van der Waals surface area contributed by atoms with Crippen molar-refractivity contribution < 1.29 is 0 Å². The fourth-order valence-corrected chi connectivity index (χ4v) is 3.89. The number of benzene rings is 1. The standard InChI is InChI=1S/C17H27ClN2/c1-13-8-10-17(11-9-13,20(3)4)16(19-2)14-6-5-7-15(18)12-14/h5-7,12-13,16,19H,8-11H2,1-4H3. The minimum atomic E-state index is 0.186. The van der Waals surface area contributed by atoms with Gasteiger partial charge >= 0.3 is 0 Å². The predicted molar refractivity (Wildman–Crippen MR) is 87.3 cm³/mol. The summed E-state index contributed by atoms with van der Waals surface area (Å²) in [6.07, 6.45) is 5.08. The highest BCUT2D eigenvalue weighted by atomic mass is 35.5. The summed E-state index contributed by atoms with van der Waals surface area (Å²) >= 11 is 6.19. The average molecular weight is 295 g/mol. The SMILES string of the molecule is CNC(c1cccc(Cl)c1)C1(N(C)C)CCC(C)CC1. The second kappa shape index (κ2) is 6.46. The van der Waals surface area contributed by atoms with E-state index in [9.17, 15) is 0 Å². The van der Waals surface area contributed by atoms with Crippen LogP contribution < -0.4 is 5.32 Å². The molecule has 1 N–H and O–H groups in total. The second-order valence-corrected chi connectivity index (χ2v) is 6.89. The van der Waals surface area contributed by atoms with Crippen molar-refractivity contribution in [1.29, 1.82) is 0 Å². The van der Waals surface area contributed by atoms with Crippen LogP contribution in [0.2, 0.25) is 5.02 Å². The van der Waals surface area contributed by atoms with E-state index in [-0.39, 0.29) is 5.54 Å². The number of rotatable bonds is 4. The van der Waals surface area contributed by atoms with E-state index in [4.69, 9.17) is 11.6 Å². The molecule has 1 aliphatic carbocycles. The molecule has 1 aromatic carbocycles. The minimum Gasteiger partial charge on any atom is -0.311 e. The minimum absolute atomic E-state index is 0.186. The quantitative estimate of drug-likeness (QED) is 0.899. The molecule has 1 aliphatic rings. The number of nitrogens with one attached hydrogen (secondary N) is 1. The van der Waals surface area contributed by atoms with Crippen LogP contribution in [-0.4, -0.2) is 31.6 Å². The first-order valence-electron chi connectivity index (χ1n) is 7.60. The number of nitrogens with zero attached hydrogens (tertiary/aromatic N) is 1. The van der Waals surface area contributed by atoms with Crippen LogP contribution in [-0.2, 0) is 0 Å². The third-order valence-corrected chi connectivity index (χ3v) is 5.27. The number of halogens is 1. The largest absolute Gasteiger partial charge is 0.311 e. The van der Waals surface area contributed by atoms with Crippen LogP contribution in [0.5, 0.6) is 0 Å². The van der Waals surface area contributed by atoms with Crippen molar-refractivity contribution in [3.63, 3.8) is 0 Å². The van der Waals surface area contributed by atoms with Gasteiger partial charge in [-0.3, -0.25) is 0 Å². The van der Waals surface area contributed by atoms with Gasteiger partial charge in [-0.25, -0.2) is 0 Å². The molecule has 3 heteroatoms. The van der Waals surface area contributed by atoms with Crippen LogP contribution in [0.15, 0.2) is 24.3 Å². The Morgan fingerprint density at radius 2 is 1.95 bits per heavy atom. The molecule has 0 heterocycles. The normalized spacial score (nSPS) is 28.6. The fourth-order valence-electron chi connectivity index (χ4n) is 3.69. The maximum atomic E-state index is 6.19. The maximum absolute atomic E-state index is 6.19. The molecule has 20 heavy (non-hydrogen) atoms. The van der Waals surface area contributed by atoms with Crippen molar-refractivity contribution in [2.24, 2.45) is 5.92 Å². The lowest BCUT2D eigenvalue weighted by Crippen LogP contribution is -2.55. The summed E-state index contributed by atoms with van der Waals surface area (Å²) in [7, 11) is 6.49.